The number of hydrogen-bond acceptors (Lipinski definition) is 10. The summed E-state index contributed by atoms with van der Waals surface area (Å²) in [5.74, 6) is -0.728. The van der Waals surface area contributed by atoms with E-state index in [0.717, 1.165) is 12.8 Å². The van der Waals surface area contributed by atoms with Crippen molar-refractivity contribution in [2.24, 2.45) is 4.99 Å². The maximum atomic E-state index is 13.2. The molecule has 14 heteroatoms. The lowest BCUT2D eigenvalue weighted by molar-refractivity contribution is 0.0668. The number of nitrogens with two attached hydrogens (primary N) is 2. The maximum absolute atomic E-state index is 13.2. The molecule has 0 atom stereocenters. The first-order valence-electron chi connectivity index (χ1n) is 12.4. The Bertz CT molecular complexity index is 1370. The second-order valence-electron chi connectivity index (χ2n) is 9.50. The summed E-state index contributed by atoms with van der Waals surface area (Å²) < 4.78 is 25.3. The number of aliphatic imine (C=N–C) groups is 1. The molecule has 0 unspecified atom stereocenters. The Hall–Kier alpha value is -3.45. The summed E-state index contributed by atoms with van der Waals surface area (Å²) in [6.45, 7) is 3.33. The molecule has 0 aliphatic carbocycles. The number of hydrogen-bond donors (Lipinski definition) is 4. The van der Waals surface area contributed by atoms with Crippen LogP contribution in [0.1, 0.15) is 59.9 Å². The van der Waals surface area contributed by atoms with Crippen LogP contribution in [0.15, 0.2) is 34.2 Å². The van der Waals surface area contributed by atoms with Gasteiger partial charge in [-0.05, 0) is 37.5 Å². The molecule has 1 saturated heterocycles. The minimum Gasteiger partial charge on any atom is -0.382 e. The van der Waals surface area contributed by atoms with Crippen molar-refractivity contribution in [1.82, 2.24) is 25.5 Å². The molecule has 38 heavy (non-hydrogen) atoms. The molecule has 2 aliphatic rings. The van der Waals surface area contributed by atoms with Crippen LogP contribution in [0.3, 0.4) is 0 Å². The van der Waals surface area contributed by atoms with Crippen LogP contribution >= 0.6 is 11.6 Å². The Morgan fingerprint density at radius 2 is 1.89 bits per heavy atom. The van der Waals surface area contributed by atoms with Crippen molar-refractivity contribution in [2.75, 3.05) is 36.9 Å². The van der Waals surface area contributed by atoms with Crippen LogP contribution in [0.5, 0.6) is 0 Å². The van der Waals surface area contributed by atoms with E-state index in [1.54, 1.807) is 17.0 Å². The Balaban J connectivity index is 1.34. The van der Waals surface area contributed by atoms with Gasteiger partial charge in [-0.1, -0.05) is 37.4 Å². The van der Waals surface area contributed by atoms with Crippen molar-refractivity contribution in [3.63, 3.8) is 0 Å². The highest BCUT2D eigenvalue weighted by atomic mass is 35.5. The molecule has 0 radical (unpaired) electrons. The third-order valence-electron chi connectivity index (χ3n) is 6.74. The predicted octanol–water partition coefficient (Wildman–Crippen LogP) is 1.62. The number of amides is 2. The highest BCUT2D eigenvalue weighted by molar-refractivity contribution is 7.91. The summed E-state index contributed by atoms with van der Waals surface area (Å²) in [4.78, 5) is 39.8. The van der Waals surface area contributed by atoms with Crippen LogP contribution in [-0.2, 0) is 9.84 Å². The average Bonchev–Trinajstić information content (AvgIpc) is 3.27. The van der Waals surface area contributed by atoms with Crippen molar-refractivity contribution in [3.05, 3.63) is 40.7 Å². The smallest absolute Gasteiger partial charge is 0.280 e. The number of sulfone groups is 1. The van der Waals surface area contributed by atoms with Crippen LogP contribution in [0.25, 0.3) is 0 Å². The lowest BCUT2D eigenvalue weighted by atomic mass is 9.88. The third kappa shape index (κ3) is 5.99. The van der Waals surface area contributed by atoms with Gasteiger partial charge in [0.25, 0.3) is 11.8 Å². The van der Waals surface area contributed by atoms with Crippen molar-refractivity contribution < 1.29 is 18.0 Å². The fourth-order valence-corrected chi connectivity index (χ4v) is 6.03. The topological polar surface area (TPSA) is 186 Å². The fourth-order valence-electron chi connectivity index (χ4n) is 4.49. The molecule has 1 aromatic heterocycles. The van der Waals surface area contributed by atoms with Crippen molar-refractivity contribution >= 4 is 50.8 Å². The van der Waals surface area contributed by atoms with Gasteiger partial charge >= 0.3 is 0 Å². The zero-order valence-electron chi connectivity index (χ0n) is 21.0. The van der Waals surface area contributed by atoms with Crippen LogP contribution in [0, 0.1) is 0 Å². The lowest BCUT2D eigenvalue weighted by Crippen LogP contribution is -2.57. The molecule has 0 saturated carbocycles. The van der Waals surface area contributed by atoms with Gasteiger partial charge in [0, 0.05) is 18.7 Å². The molecule has 3 heterocycles. The molecule has 2 amide bonds. The first-order chi connectivity index (χ1) is 18.0. The van der Waals surface area contributed by atoms with E-state index < -0.39 is 21.3 Å². The zero-order valence-corrected chi connectivity index (χ0v) is 22.6. The van der Waals surface area contributed by atoms with Gasteiger partial charge < -0.3 is 21.7 Å². The number of piperidine rings is 1. The summed E-state index contributed by atoms with van der Waals surface area (Å²) >= 11 is 5.86. The Morgan fingerprint density at radius 3 is 2.61 bits per heavy atom. The quantitative estimate of drug-likeness (QED) is 0.364. The maximum Gasteiger partial charge on any atom is 0.280 e. The molecule has 4 rings (SSSR count). The van der Waals surface area contributed by atoms with E-state index in [-0.39, 0.29) is 45.0 Å². The number of likely N-dealkylation sites (tertiary alicyclic amines) is 1. The van der Waals surface area contributed by atoms with Gasteiger partial charge in [-0.25, -0.2) is 18.4 Å². The highest BCUT2D eigenvalue weighted by Crippen LogP contribution is 2.27. The van der Waals surface area contributed by atoms with E-state index in [2.05, 4.69) is 25.6 Å². The fraction of sp³-hybridized carbons (Fsp3) is 0.458. The molecule has 2 aromatic rings. The van der Waals surface area contributed by atoms with Gasteiger partial charge in [0.15, 0.2) is 38.3 Å². The largest absolute Gasteiger partial charge is 0.382 e. The monoisotopic (exact) mass is 562 g/mol. The SMILES string of the molecule is CCCCCS(=O)(=O)c1cccc(C(=O)N2CCC3(CC2)CN=C(NC(=O)c2nc(Cl)c(N)nc2N)N3)c1. The van der Waals surface area contributed by atoms with Gasteiger partial charge in [0.2, 0.25) is 0 Å². The molecule has 1 spiro atoms. The molecule has 1 aromatic carbocycles. The van der Waals surface area contributed by atoms with E-state index in [9.17, 15) is 18.0 Å². The Kier molecular flexibility index (Phi) is 8.07. The number of rotatable bonds is 7. The van der Waals surface area contributed by atoms with Crippen molar-refractivity contribution in [2.45, 2.75) is 49.5 Å². The number of benzene rings is 1. The zero-order chi connectivity index (χ0) is 27.5. The van der Waals surface area contributed by atoms with E-state index in [0.29, 0.717) is 44.5 Å². The second-order valence-corrected chi connectivity index (χ2v) is 12.0. The predicted molar refractivity (Wildman–Crippen MR) is 145 cm³/mol. The molecule has 0 bridgehead atoms. The molecular weight excluding hydrogens is 532 g/mol. The third-order valence-corrected chi connectivity index (χ3v) is 8.82. The number of nitrogens with zero attached hydrogens (tertiary/aromatic N) is 4. The number of aromatic nitrogens is 2. The van der Waals surface area contributed by atoms with Crippen molar-refractivity contribution in [3.8, 4) is 0 Å². The first-order valence-corrected chi connectivity index (χ1v) is 14.4. The van der Waals surface area contributed by atoms with Gasteiger partial charge in [-0.15, -0.1) is 0 Å². The Labute approximate surface area is 226 Å². The number of carbonyl (C=O) groups excluding carboxylic acids is 2. The van der Waals surface area contributed by atoms with E-state index in [1.165, 1.54) is 12.1 Å². The van der Waals surface area contributed by atoms with Crippen LogP contribution in [-0.4, -0.2) is 72.0 Å². The summed E-state index contributed by atoms with van der Waals surface area (Å²) in [7, 11) is -3.44. The summed E-state index contributed by atoms with van der Waals surface area (Å²) in [5.41, 5.74) is 11.1. The number of unbranched alkanes of at least 4 members (excludes halogenated alkanes) is 2. The van der Waals surface area contributed by atoms with Crippen LogP contribution in [0.4, 0.5) is 11.6 Å². The summed E-state index contributed by atoms with van der Waals surface area (Å²) in [6, 6.07) is 6.26. The Morgan fingerprint density at radius 1 is 1.16 bits per heavy atom. The number of nitrogens with one attached hydrogen (secondary N) is 2. The van der Waals surface area contributed by atoms with Crippen LogP contribution in [0.2, 0.25) is 5.15 Å². The first kappa shape index (κ1) is 27.6. The molecular formula is C24H31ClN8O4S. The average molecular weight is 563 g/mol. The minimum atomic E-state index is -3.44. The lowest BCUT2D eigenvalue weighted by Gasteiger charge is -2.39. The number of guanidine groups is 1. The number of anilines is 2. The molecule has 204 valence electrons. The van der Waals surface area contributed by atoms with E-state index in [4.69, 9.17) is 23.1 Å². The number of carbonyl (C=O) groups is 2. The number of nitrogen functional groups attached to an aromatic ring is 2. The molecule has 2 aliphatic heterocycles. The molecule has 6 N–H and O–H groups in total. The van der Waals surface area contributed by atoms with E-state index in [1.807, 2.05) is 6.92 Å². The van der Waals surface area contributed by atoms with Gasteiger partial charge in [-0.2, -0.15) is 0 Å². The standard InChI is InChI=1S/C24H31ClN8O4S/c1-2-3-4-12-38(36,37)16-7-5-6-15(13-16)22(35)33-10-8-24(9-11-33)14-28-23(32-24)31-21(34)17-19(26)30-20(27)18(25)29-17/h5-7,13H,2-4,8-12,14H2,1H3,(H4,26,27,30)(H2,28,31,32,34). The van der Waals surface area contributed by atoms with Gasteiger partial charge in [-0.3, -0.25) is 19.9 Å². The van der Waals surface area contributed by atoms with Crippen molar-refractivity contribution in [1.29, 1.82) is 0 Å². The molecule has 12 nitrogen and oxygen atoms in total. The van der Waals surface area contributed by atoms with E-state index >= 15 is 0 Å². The molecule has 1 fully saturated rings. The normalized spacial score (nSPS) is 16.7. The number of halogens is 1. The van der Waals surface area contributed by atoms with Gasteiger partial charge in [0.05, 0.1) is 22.7 Å². The van der Waals surface area contributed by atoms with Gasteiger partial charge in [0.1, 0.15) is 0 Å². The highest BCUT2D eigenvalue weighted by Gasteiger charge is 2.40. The summed E-state index contributed by atoms with van der Waals surface area (Å²) in [5, 5.41) is 5.77. The summed E-state index contributed by atoms with van der Waals surface area (Å²) in [6.07, 6.45) is 3.54. The minimum absolute atomic E-state index is 0.0692. The second kappa shape index (κ2) is 11.1. The van der Waals surface area contributed by atoms with Crippen LogP contribution < -0.4 is 22.1 Å².